The standard InChI is InChI=1S/C10H9BrF2N2O/c11-5-1-9(16)15(4-5)10-7(13)2-6(12)3-8(10)14/h2-3,5H,1,4,14H2. The Morgan fingerprint density at radius 2 is 2.12 bits per heavy atom. The molecular weight excluding hydrogens is 282 g/mol. The van der Waals surface area contributed by atoms with Crippen molar-refractivity contribution in [3.05, 3.63) is 23.8 Å². The molecule has 1 aliphatic rings. The Kier molecular flexibility index (Phi) is 2.84. The van der Waals surface area contributed by atoms with Gasteiger partial charge in [-0.25, -0.2) is 8.78 Å². The summed E-state index contributed by atoms with van der Waals surface area (Å²) in [4.78, 5) is 12.8. The first-order valence-electron chi connectivity index (χ1n) is 4.68. The van der Waals surface area contributed by atoms with Gasteiger partial charge in [0.05, 0.1) is 5.69 Å². The Hall–Kier alpha value is -1.17. The molecule has 1 amide bonds. The van der Waals surface area contributed by atoms with Crippen molar-refractivity contribution in [1.82, 2.24) is 0 Å². The van der Waals surface area contributed by atoms with E-state index >= 15 is 0 Å². The number of carbonyl (C=O) groups excluding carboxylic acids is 1. The molecule has 2 rings (SSSR count). The third-order valence-corrected chi connectivity index (χ3v) is 3.02. The molecule has 16 heavy (non-hydrogen) atoms. The third kappa shape index (κ3) is 1.89. The highest BCUT2D eigenvalue weighted by atomic mass is 79.9. The monoisotopic (exact) mass is 290 g/mol. The van der Waals surface area contributed by atoms with Crippen molar-refractivity contribution in [2.24, 2.45) is 0 Å². The maximum Gasteiger partial charge on any atom is 0.228 e. The molecule has 1 heterocycles. The number of hydrogen-bond acceptors (Lipinski definition) is 2. The summed E-state index contributed by atoms with van der Waals surface area (Å²) in [5.41, 5.74) is 5.42. The highest BCUT2D eigenvalue weighted by Crippen LogP contribution is 2.32. The van der Waals surface area contributed by atoms with Gasteiger partial charge in [-0.2, -0.15) is 0 Å². The zero-order valence-corrected chi connectivity index (χ0v) is 9.80. The SMILES string of the molecule is Nc1cc(F)cc(F)c1N1CC(Br)CC1=O. The van der Waals surface area contributed by atoms with Gasteiger partial charge in [-0.1, -0.05) is 15.9 Å². The Bertz CT molecular complexity index is 429. The van der Waals surface area contributed by atoms with Gasteiger partial charge in [-0.05, 0) is 6.07 Å². The molecule has 1 aromatic carbocycles. The van der Waals surface area contributed by atoms with Crippen molar-refractivity contribution in [3.63, 3.8) is 0 Å². The van der Waals surface area contributed by atoms with E-state index in [2.05, 4.69) is 15.9 Å². The summed E-state index contributed by atoms with van der Waals surface area (Å²) < 4.78 is 26.4. The quantitative estimate of drug-likeness (QED) is 0.636. The fourth-order valence-corrected chi connectivity index (χ4v) is 2.32. The first-order valence-corrected chi connectivity index (χ1v) is 5.59. The van der Waals surface area contributed by atoms with E-state index < -0.39 is 11.6 Å². The number of amides is 1. The van der Waals surface area contributed by atoms with Crippen LogP contribution in [0.2, 0.25) is 0 Å². The van der Waals surface area contributed by atoms with Gasteiger partial charge in [0.2, 0.25) is 5.91 Å². The Labute approximate surface area is 99.3 Å². The van der Waals surface area contributed by atoms with E-state index in [1.807, 2.05) is 0 Å². The van der Waals surface area contributed by atoms with E-state index in [0.717, 1.165) is 12.1 Å². The number of anilines is 2. The number of carbonyl (C=O) groups is 1. The molecule has 0 saturated carbocycles. The van der Waals surface area contributed by atoms with Crippen LogP contribution >= 0.6 is 15.9 Å². The average Bonchev–Trinajstić information content (AvgIpc) is 2.43. The number of hydrogen-bond donors (Lipinski definition) is 1. The first kappa shape index (κ1) is 11.3. The van der Waals surface area contributed by atoms with Crippen LogP contribution in [0.5, 0.6) is 0 Å². The van der Waals surface area contributed by atoms with Crippen LogP contribution in [0.25, 0.3) is 0 Å². The third-order valence-electron chi connectivity index (χ3n) is 2.41. The van der Waals surface area contributed by atoms with Gasteiger partial charge in [0.15, 0.2) is 5.82 Å². The molecule has 1 aliphatic heterocycles. The van der Waals surface area contributed by atoms with Gasteiger partial charge >= 0.3 is 0 Å². The number of nitrogen functional groups attached to an aromatic ring is 1. The van der Waals surface area contributed by atoms with Gasteiger partial charge in [0.25, 0.3) is 0 Å². The minimum atomic E-state index is -0.813. The maximum absolute atomic E-state index is 13.5. The molecule has 1 saturated heterocycles. The zero-order valence-electron chi connectivity index (χ0n) is 8.21. The number of benzene rings is 1. The smallest absolute Gasteiger partial charge is 0.228 e. The van der Waals surface area contributed by atoms with Crippen molar-refractivity contribution in [3.8, 4) is 0 Å². The van der Waals surface area contributed by atoms with Crippen LogP contribution in [-0.4, -0.2) is 17.3 Å². The molecule has 2 N–H and O–H groups in total. The van der Waals surface area contributed by atoms with Crippen LogP contribution in [0.3, 0.4) is 0 Å². The molecule has 86 valence electrons. The molecule has 6 heteroatoms. The number of alkyl halides is 1. The van der Waals surface area contributed by atoms with Crippen LogP contribution in [0.4, 0.5) is 20.2 Å². The number of nitrogens with zero attached hydrogens (tertiary/aromatic N) is 1. The average molecular weight is 291 g/mol. The van der Waals surface area contributed by atoms with Gasteiger partial charge < -0.3 is 10.6 Å². The normalized spacial score (nSPS) is 20.6. The molecule has 1 fully saturated rings. The summed E-state index contributed by atoms with van der Waals surface area (Å²) in [6.07, 6.45) is 0.288. The Balaban J connectivity index is 2.44. The van der Waals surface area contributed by atoms with Crippen molar-refractivity contribution in [2.75, 3.05) is 17.2 Å². The summed E-state index contributed by atoms with van der Waals surface area (Å²) in [5.74, 6) is -1.78. The molecule has 0 radical (unpaired) electrons. The zero-order chi connectivity index (χ0) is 11.9. The second-order valence-electron chi connectivity index (χ2n) is 3.63. The van der Waals surface area contributed by atoms with E-state index in [1.54, 1.807) is 0 Å². The largest absolute Gasteiger partial charge is 0.397 e. The van der Waals surface area contributed by atoms with Crippen LogP contribution in [0.15, 0.2) is 12.1 Å². The lowest BCUT2D eigenvalue weighted by atomic mass is 10.2. The maximum atomic E-state index is 13.5. The number of halogens is 3. The van der Waals surface area contributed by atoms with Gasteiger partial charge in [-0.3, -0.25) is 4.79 Å². The Morgan fingerprint density at radius 1 is 1.44 bits per heavy atom. The molecule has 1 unspecified atom stereocenters. The molecule has 0 aromatic heterocycles. The molecule has 3 nitrogen and oxygen atoms in total. The van der Waals surface area contributed by atoms with Crippen molar-refractivity contribution < 1.29 is 13.6 Å². The molecule has 1 aromatic rings. The summed E-state index contributed by atoms with van der Waals surface area (Å²) in [5, 5.41) is 0. The second-order valence-corrected chi connectivity index (χ2v) is 4.93. The van der Waals surface area contributed by atoms with Gasteiger partial charge in [0.1, 0.15) is 11.5 Å². The van der Waals surface area contributed by atoms with Gasteiger partial charge in [-0.15, -0.1) is 0 Å². The highest BCUT2D eigenvalue weighted by molar-refractivity contribution is 9.09. The van der Waals surface area contributed by atoms with E-state index in [0.29, 0.717) is 6.54 Å². The molecule has 0 bridgehead atoms. The van der Waals surface area contributed by atoms with Crippen molar-refractivity contribution in [2.45, 2.75) is 11.2 Å². The summed E-state index contributed by atoms with van der Waals surface area (Å²) in [6, 6.07) is 1.73. The Morgan fingerprint density at radius 3 is 2.62 bits per heavy atom. The van der Waals surface area contributed by atoms with E-state index in [9.17, 15) is 13.6 Å². The summed E-state index contributed by atoms with van der Waals surface area (Å²) >= 11 is 3.28. The first-order chi connectivity index (χ1) is 7.49. The summed E-state index contributed by atoms with van der Waals surface area (Å²) in [6.45, 7) is 0.339. The fraction of sp³-hybridized carbons (Fsp3) is 0.300. The van der Waals surface area contributed by atoms with E-state index in [4.69, 9.17) is 5.73 Å². The predicted octanol–water partition coefficient (Wildman–Crippen LogP) is 2.05. The number of nitrogens with two attached hydrogens (primary N) is 1. The molecular formula is C10H9BrF2N2O. The lowest BCUT2D eigenvalue weighted by Gasteiger charge is -2.18. The minimum Gasteiger partial charge on any atom is -0.397 e. The van der Waals surface area contributed by atoms with Crippen LogP contribution in [0.1, 0.15) is 6.42 Å². The van der Waals surface area contributed by atoms with E-state index in [1.165, 1.54) is 4.90 Å². The van der Waals surface area contributed by atoms with Crippen molar-refractivity contribution >= 4 is 33.2 Å². The van der Waals surface area contributed by atoms with Crippen LogP contribution < -0.4 is 10.6 Å². The lowest BCUT2D eigenvalue weighted by molar-refractivity contribution is -0.117. The van der Waals surface area contributed by atoms with E-state index in [-0.39, 0.29) is 28.5 Å². The second kappa shape index (κ2) is 4.01. The van der Waals surface area contributed by atoms with Crippen molar-refractivity contribution in [1.29, 1.82) is 0 Å². The van der Waals surface area contributed by atoms with Crippen LogP contribution in [0, 0.1) is 11.6 Å². The lowest BCUT2D eigenvalue weighted by Crippen LogP contribution is -2.26. The minimum absolute atomic E-state index is 0.0242. The number of rotatable bonds is 1. The molecule has 0 aliphatic carbocycles. The fourth-order valence-electron chi connectivity index (χ4n) is 1.75. The molecule has 0 spiro atoms. The van der Waals surface area contributed by atoms with Gasteiger partial charge in [0, 0.05) is 23.9 Å². The summed E-state index contributed by atoms with van der Waals surface area (Å²) in [7, 11) is 0. The topological polar surface area (TPSA) is 46.3 Å². The highest BCUT2D eigenvalue weighted by Gasteiger charge is 2.31. The van der Waals surface area contributed by atoms with Crippen LogP contribution in [-0.2, 0) is 4.79 Å². The molecule has 1 atom stereocenters. The predicted molar refractivity (Wildman–Crippen MR) is 60.5 cm³/mol.